The van der Waals surface area contributed by atoms with E-state index in [9.17, 15) is 0 Å². The van der Waals surface area contributed by atoms with Gasteiger partial charge in [-0.1, -0.05) is 84.4 Å². The summed E-state index contributed by atoms with van der Waals surface area (Å²) in [4.78, 5) is 0. The number of hydrogen-bond donors (Lipinski definition) is 0. The SMILES string of the molecule is Clc1ccc(/C=C/c2cc3ccccc3c3ccccc23)cc1. The minimum Gasteiger partial charge on any atom is -0.0843 e. The Morgan fingerprint density at radius 3 is 2.04 bits per heavy atom. The number of hydrogen-bond acceptors (Lipinski definition) is 0. The van der Waals surface area contributed by atoms with Gasteiger partial charge in [-0.3, -0.25) is 0 Å². The van der Waals surface area contributed by atoms with Crippen LogP contribution in [0.1, 0.15) is 11.1 Å². The van der Waals surface area contributed by atoms with Gasteiger partial charge in [-0.15, -0.1) is 0 Å². The van der Waals surface area contributed by atoms with E-state index in [0.717, 1.165) is 10.6 Å². The molecule has 0 unspecified atom stereocenters. The Labute approximate surface area is 140 Å². The van der Waals surface area contributed by atoms with Crippen molar-refractivity contribution in [3.05, 3.63) is 95.0 Å². The Balaban J connectivity index is 1.89. The first-order chi connectivity index (χ1) is 11.3. The van der Waals surface area contributed by atoms with Gasteiger partial charge in [-0.2, -0.15) is 0 Å². The normalized spacial score (nSPS) is 11.5. The molecule has 110 valence electrons. The van der Waals surface area contributed by atoms with Gasteiger partial charge in [0, 0.05) is 5.02 Å². The van der Waals surface area contributed by atoms with E-state index in [1.165, 1.54) is 27.1 Å². The average molecular weight is 315 g/mol. The van der Waals surface area contributed by atoms with Crippen LogP contribution >= 0.6 is 11.6 Å². The second kappa shape index (κ2) is 5.91. The molecule has 4 aromatic rings. The average Bonchev–Trinajstić information content (AvgIpc) is 2.61. The molecule has 0 amide bonds. The van der Waals surface area contributed by atoms with Gasteiger partial charge in [0.1, 0.15) is 0 Å². The van der Waals surface area contributed by atoms with Crippen LogP contribution in [0.25, 0.3) is 33.7 Å². The quantitative estimate of drug-likeness (QED) is 0.281. The fourth-order valence-corrected chi connectivity index (χ4v) is 3.11. The molecule has 0 nitrogen and oxygen atoms in total. The highest BCUT2D eigenvalue weighted by Gasteiger charge is 2.03. The Kier molecular flexibility index (Phi) is 3.61. The van der Waals surface area contributed by atoms with Gasteiger partial charge >= 0.3 is 0 Å². The van der Waals surface area contributed by atoms with E-state index in [-0.39, 0.29) is 0 Å². The molecule has 0 aliphatic carbocycles. The van der Waals surface area contributed by atoms with E-state index in [1.807, 2.05) is 24.3 Å². The first-order valence-electron chi connectivity index (χ1n) is 7.65. The first-order valence-corrected chi connectivity index (χ1v) is 8.03. The van der Waals surface area contributed by atoms with Crippen LogP contribution in [-0.2, 0) is 0 Å². The number of fused-ring (bicyclic) bond motifs is 3. The lowest BCUT2D eigenvalue weighted by Gasteiger charge is -2.07. The summed E-state index contributed by atoms with van der Waals surface area (Å²) in [5.41, 5.74) is 2.38. The van der Waals surface area contributed by atoms with E-state index in [4.69, 9.17) is 11.6 Å². The van der Waals surface area contributed by atoms with E-state index in [1.54, 1.807) is 0 Å². The predicted octanol–water partition coefficient (Wildman–Crippen LogP) is 6.82. The van der Waals surface area contributed by atoms with E-state index < -0.39 is 0 Å². The predicted molar refractivity (Wildman–Crippen MR) is 102 cm³/mol. The zero-order valence-electron chi connectivity index (χ0n) is 12.5. The molecule has 4 rings (SSSR count). The van der Waals surface area contributed by atoms with Crippen LogP contribution in [0.2, 0.25) is 5.02 Å². The zero-order valence-corrected chi connectivity index (χ0v) is 13.3. The van der Waals surface area contributed by atoms with E-state index in [2.05, 4.69) is 66.7 Å². The van der Waals surface area contributed by atoms with Crippen molar-refractivity contribution in [3.8, 4) is 0 Å². The van der Waals surface area contributed by atoms with Gasteiger partial charge in [0.2, 0.25) is 0 Å². The van der Waals surface area contributed by atoms with Crippen LogP contribution in [0.3, 0.4) is 0 Å². The molecule has 1 heteroatoms. The highest BCUT2D eigenvalue weighted by molar-refractivity contribution is 6.30. The lowest BCUT2D eigenvalue weighted by atomic mass is 9.97. The third-order valence-corrected chi connectivity index (χ3v) is 4.38. The maximum atomic E-state index is 5.95. The molecule has 0 saturated heterocycles. The maximum Gasteiger partial charge on any atom is 0.0406 e. The van der Waals surface area contributed by atoms with Crippen molar-refractivity contribution in [1.29, 1.82) is 0 Å². The van der Waals surface area contributed by atoms with Gasteiger partial charge in [0.25, 0.3) is 0 Å². The monoisotopic (exact) mass is 314 g/mol. The lowest BCUT2D eigenvalue weighted by Crippen LogP contribution is -1.82. The Morgan fingerprint density at radius 1 is 0.609 bits per heavy atom. The van der Waals surface area contributed by atoms with Crippen molar-refractivity contribution in [2.75, 3.05) is 0 Å². The van der Waals surface area contributed by atoms with Gasteiger partial charge in [0.05, 0.1) is 0 Å². The highest BCUT2D eigenvalue weighted by atomic mass is 35.5. The molecular weight excluding hydrogens is 300 g/mol. The van der Waals surface area contributed by atoms with Gasteiger partial charge in [0.15, 0.2) is 0 Å². The summed E-state index contributed by atoms with van der Waals surface area (Å²) in [6.07, 6.45) is 4.31. The molecular formula is C22H15Cl. The highest BCUT2D eigenvalue weighted by Crippen LogP contribution is 2.29. The third-order valence-electron chi connectivity index (χ3n) is 4.13. The molecule has 0 aromatic heterocycles. The Morgan fingerprint density at radius 2 is 1.26 bits per heavy atom. The van der Waals surface area contributed by atoms with E-state index in [0.29, 0.717) is 0 Å². The smallest absolute Gasteiger partial charge is 0.0406 e. The van der Waals surface area contributed by atoms with Crippen molar-refractivity contribution < 1.29 is 0 Å². The standard InChI is InChI=1S/C22H15Cl/c23-19-13-10-16(11-14-19)9-12-18-15-17-5-1-2-6-20(17)22-8-4-3-7-21(18)22/h1-15H/b12-9+. The second-order valence-electron chi connectivity index (χ2n) is 5.62. The van der Waals surface area contributed by atoms with Crippen molar-refractivity contribution in [1.82, 2.24) is 0 Å². The molecule has 0 N–H and O–H groups in total. The topological polar surface area (TPSA) is 0 Å². The van der Waals surface area contributed by atoms with Crippen LogP contribution in [0.5, 0.6) is 0 Å². The summed E-state index contributed by atoms with van der Waals surface area (Å²) >= 11 is 5.95. The van der Waals surface area contributed by atoms with Crippen molar-refractivity contribution in [2.24, 2.45) is 0 Å². The largest absolute Gasteiger partial charge is 0.0843 e. The summed E-state index contributed by atoms with van der Waals surface area (Å²) < 4.78 is 0. The molecule has 0 spiro atoms. The molecule has 4 aromatic carbocycles. The summed E-state index contributed by atoms with van der Waals surface area (Å²) in [6.45, 7) is 0. The summed E-state index contributed by atoms with van der Waals surface area (Å²) in [5.74, 6) is 0. The number of halogens is 1. The second-order valence-corrected chi connectivity index (χ2v) is 6.05. The molecule has 0 aliphatic rings. The number of rotatable bonds is 2. The van der Waals surface area contributed by atoms with Crippen LogP contribution in [0, 0.1) is 0 Å². The summed E-state index contributed by atoms with van der Waals surface area (Å²) in [7, 11) is 0. The summed E-state index contributed by atoms with van der Waals surface area (Å²) in [6, 6.07) is 27.3. The Bertz CT molecular complexity index is 1010. The van der Waals surface area contributed by atoms with Gasteiger partial charge in [-0.25, -0.2) is 0 Å². The molecule has 0 fully saturated rings. The minimum atomic E-state index is 0.762. The van der Waals surface area contributed by atoms with Crippen molar-refractivity contribution in [3.63, 3.8) is 0 Å². The molecule has 0 saturated carbocycles. The van der Waals surface area contributed by atoms with E-state index >= 15 is 0 Å². The molecule has 0 heterocycles. The van der Waals surface area contributed by atoms with Crippen LogP contribution in [0.15, 0.2) is 78.9 Å². The zero-order chi connectivity index (χ0) is 15.6. The van der Waals surface area contributed by atoms with Crippen LogP contribution in [0.4, 0.5) is 0 Å². The summed E-state index contributed by atoms with van der Waals surface area (Å²) in [5, 5.41) is 5.89. The molecule has 0 aliphatic heterocycles. The van der Waals surface area contributed by atoms with Gasteiger partial charge in [-0.05, 0) is 50.9 Å². The molecule has 0 atom stereocenters. The van der Waals surface area contributed by atoms with Crippen LogP contribution < -0.4 is 0 Å². The lowest BCUT2D eigenvalue weighted by molar-refractivity contribution is 1.66. The van der Waals surface area contributed by atoms with Crippen molar-refractivity contribution in [2.45, 2.75) is 0 Å². The molecule has 0 bridgehead atoms. The van der Waals surface area contributed by atoms with Gasteiger partial charge < -0.3 is 0 Å². The number of benzene rings is 4. The molecule has 0 radical (unpaired) electrons. The van der Waals surface area contributed by atoms with Crippen LogP contribution in [-0.4, -0.2) is 0 Å². The van der Waals surface area contributed by atoms with Crippen molar-refractivity contribution >= 4 is 45.3 Å². The maximum absolute atomic E-state index is 5.95. The Hall–Kier alpha value is -2.57. The fraction of sp³-hybridized carbons (Fsp3) is 0. The third kappa shape index (κ3) is 2.74. The first kappa shape index (κ1) is 14.0. The molecule has 23 heavy (non-hydrogen) atoms. The minimum absolute atomic E-state index is 0.762. The fourth-order valence-electron chi connectivity index (χ4n) is 2.98.